The van der Waals surface area contributed by atoms with Crippen LogP contribution in [0, 0.1) is 10.8 Å². The first-order valence-electron chi connectivity index (χ1n) is 5.71. The molecule has 0 aromatic rings. The van der Waals surface area contributed by atoms with Crippen LogP contribution in [0.3, 0.4) is 0 Å². The van der Waals surface area contributed by atoms with Gasteiger partial charge < -0.3 is 0 Å². The Morgan fingerprint density at radius 2 is 0.824 bits per heavy atom. The largest absolute Gasteiger partial charge is 0.0931 e. The zero-order valence-electron chi connectivity index (χ0n) is 8.91. The molecule has 0 aromatic carbocycles. The van der Waals surface area contributed by atoms with Gasteiger partial charge in [0.2, 0.25) is 0 Å². The molecule has 0 aliphatic heterocycles. The standard InChI is InChI=1S/C11H12Br6/c12-5-1-9-2-7(14)8(15)4-10(9,3-6(5)13)11(9,16)17/h5-8H,1-4H2. The quantitative estimate of drug-likeness (QED) is 0.286. The molecule has 3 aliphatic carbocycles. The first kappa shape index (κ1) is 14.8. The summed E-state index contributed by atoms with van der Waals surface area (Å²) in [5.74, 6) is 0. The van der Waals surface area contributed by atoms with Gasteiger partial charge in [-0.3, -0.25) is 0 Å². The summed E-state index contributed by atoms with van der Waals surface area (Å²) >= 11 is 23.4. The zero-order chi connectivity index (χ0) is 12.6. The molecule has 0 saturated heterocycles. The molecular formula is C11H12Br6. The highest BCUT2D eigenvalue weighted by Crippen LogP contribution is 2.90. The summed E-state index contributed by atoms with van der Waals surface area (Å²) in [4.78, 5) is 2.33. The minimum Gasteiger partial charge on any atom is -0.0878 e. The van der Waals surface area contributed by atoms with Crippen molar-refractivity contribution in [3.05, 3.63) is 0 Å². The van der Waals surface area contributed by atoms with Crippen molar-refractivity contribution in [1.29, 1.82) is 0 Å². The third-order valence-corrected chi connectivity index (χ3v) is 13.3. The minimum absolute atomic E-state index is 0.128. The van der Waals surface area contributed by atoms with Crippen molar-refractivity contribution in [2.45, 2.75) is 48.2 Å². The van der Waals surface area contributed by atoms with Crippen LogP contribution in [0.4, 0.5) is 0 Å². The van der Waals surface area contributed by atoms with E-state index in [0.717, 1.165) is 0 Å². The van der Waals surface area contributed by atoms with E-state index in [1.54, 1.807) is 0 Å². The van der Waals surface area contributed by atoms with E-state index in [2.05, 4.69) is 95.6 Å². The van der Waals surface area contributed by atoms with Crippen molar-refractivity contribution >= 4 is 95.6 Å². The van der Waals surface area contributed by atoms with E-state index in [0.29, 0.717) is 30.1 Å². The second kappa shape index (κ2) is 4.44. The zero-order valence-corrected chi connectivity index (χ0v) is 18.4. The van der Waals surface area contributed by atoms with E-state index in [1.165, 1.54) is 25.7 Å². The van der Waals surface area contributed by atoms with E-state index < -0.39 is 0 Å². The van der Waals surface area contributed by atoms with Crippen molar-refractivity contribution in [2.24, 2.45) is 10.8 Å². The molecule has 0 bridgehead atoms. The van der Waals surface area contributed by atoms with Crippen LogP contribution >= 0.6 is 95.6 Å². The van der Waals surface area contributed by atoms with Crippen LogP contribution < -0.4 is 0 Å². The lowest BCUT2D eigenvalue weighted by atomic mass is 9.71. The summed E-state index contributed by atoms with van der Waals surface area (Å²) < 4.78 is 0.128. The average Bonchev–Trinajstić information content (AvgIpc) is 2.60. The van der Waals surface area contributed by atoms with E-state index in [-0.39, 0.29) is 3.23 Å². The normalized spacial score (nSPS) is 60.4. The molecule has 0 N–H and O–H groups in total. The van der Waals surface area contributed by atoms with Crippen LogP contribution in [0.1, 0.15) is 25.7 Å². The minimum atomic E-state index is 0.128. The van der Waals surface area contributed by atoms with Gasteiger partial charge in [-0.2, -0.15) is 0 Å². The van der Waals surface area contributed by atoms with Gasteiger partial charge >= 0.3 is 0 Å². The summed E-state index contributed by atoms with van der Waals surface area (Å²) in [5.41, 5.74) is 0.799. The molecule has 4 unspecified atom stereocenters. The predicted octanol–water partition coefficient (Wildman–Crippen LogP) is 6.10. The smallest absolute Gasteiger partial charge is 0.0878 e. The van der Waals surface area contributed by atoms with E-state index in [9.17, 15) is 0 Å². The monoisotopic (exact) mass is 618 g/mol. The molecule has 3 fully saturated rings. The Bertz CT molecular complexity index is 302. The van der Waals surface area contributed by atoms with Gasteiger partial charge in [-0.05, 0) is 25.7 Å². The van der Waals surface area contributed by atoms with Gasteiger partial charge in [0, 0.05) is 30.1 Å². The molecule has 0 aromatic heterocycles. The Morgan fingerprint density at radius 1 is 0.588 bits per heavy atom. The third kappa shape index (κ3) is 1.72. The first-order chi connectivity index (χ1) is 7.77. The fourth-order valence-corrected chi connectivity index (χ4v) is 9.62. The molecular weight excluding hydrogens is 612 g/mol. The summed E-state index contributed by atoms with van der Waals surface area (Å²) in [6, 6.07) is 0. The molecule has 3 aliphatic rings. The van der Waals surface area contributed by atoms with E-state index in [4.69, 9.17) is 0 Å². The van der Waals surface area contributed by atoms with E-state index >= 15 is 0 Å². The van der Waals surface area contributed by atoms with Gasteiger partial charge in [-0.1, -0.05) is 95.6 Å². The van der Waals surface area contributed by atoms with Crippen molar-refractivity contribution < 1.29 is 0 Å². The number of halogens is 6. The highest BCUT2D eigenvalue weighted by molar-refractivity contribution is 9.25. The van der Waals surface area contributed by atoms with Gasteiger partial charge in [0.1, 0.15) is 0 Å². The molecule has 0 spiro atoms. The van der Waals surface area contributed by atoms with E-state index in [1.807, 2.05) is 0 Å². The SMILES string of the molecule is BrC1CC23CC(Br)C(Br)CC2(CC1Br)C3(Br)Br. The fourth-order valence-electron chi connectivity index (χ4n) is 4.05. The van der Waals surface area contributed by atoms with Crippen LogP contribution in [-0.2, 0) is 0 Å². The van der Waals surface area contributed by atoms with Crippen LogP contribution in [0.2, 0.25) is 0 Å². The highest BCUT2D eigenvalue weighted by atomic mass is 79.9. The second-order valence-corrected chi connectivity index (χ2v) is 13.8. The highest BCUT2D eigenvalue weighted by Gasteiger charge is 2.87. The predicted molar refractivity (Wildman–Crippen MR) is 94.8 cm³/mol. The Labute approximate surface area is 153 Å². The topological polar surface area (TPSA) is 0 Å². The number of hydrogen-bond acceptors (Lipinski definition) is 0. The molecule has 6 heteroatoms. The molecule has 4 atom stereocenters. The van der Waals surface area contributed by atoms with Crippen LogP contribution in [-0.4, -0.2) is 22.5 Å². The molecule has 0 radical (unpaired) electrons. The van der Waals surface area contributed by atoms with Crippen LogP contribution in [0.25, 0.3) is 0 Å². The maximum Gasteiger partial charge on any atom is 0.0931 e. The fraction of sp³-hybridized carbons (Fsp3) is 1.00. The molecule has 0 heterocycles. The van der Waals surface area contributed by atoms with Crippen molar-refractivity contribution in [2.75, 3.05) is 0 Å². The second-order valence-electron chi connectivity index (χ2n) is 5.62. The summed E-state index contributed by atoms with van der Waals surface area (Å²) in [7, 11) is 0. The molecule has 0 amide bonds. The van der Waals surface area contributed by atoms with Gasteiger partial charge in [0.15, 0.2) is 0 Å². The van der Waals surface area contributed by atoms with Crippen molar-refractivity contribution in [3.8, 4) is 0 Å². The third-order valence-electron chi connectivity index (χ3n) is 5.01. The molecule has 3 rings (SSSR count). The first-order valence-corrected chi connectivity index (χ1v) is 11.0. The van der Waals surface area contributed by atoms with Crippen molar-refractivity contribution in [1.82, 2.24) is 0 Å². The molecule has 0 nitrogen and oxygen atoms in total. The van der Waals surface area contributed by atoms with Crippen LogP contribution in [0.15, 0.2) is 0 Å². The number of hydrogen-bond donors (Lipinski definition) is 0. The molecule has 17 heavy (non-hydrogen) atoms. The lowest BCUT2D eigenvalue weighted by Gasteiger charge is -2.42. The Balaban J connectivity index is 2.00. The Hall–Kier alpha value is 2.88. The van der Waals surface area contributed by atoms with Gasteiger partial charge in [0.05, 0.1) is 3.23 Å². The molecule has 3 saturated carbocycles. The number of alkyl halides is 6. The average molecular weight is 624 g/mol. The number of rotatable bonds is 0. The maximum atomic E-state index is 4.00. The van der Waals surface area contributed by atoms with Gasteiger partial charge in [-0.25, -0.2) is 0 Å². The lowest BCUT2D eigenvalue weighted by molar-refractivity contribution is 0.192. The lowest BCUT2D eigenvalue weighted by Crippen LogP contribution is -2.40. The van der Waals surface area contributed by atoms with Crippen molar-refractivity contribution in [3.63, 3.8) is 0 Å². The Morgan fingerprint density at radius 3 is 1.06 bits per heavy atom. The Kier molecular flexibility index (Phi) is 3.86. The van der Waals surface area contributed by atoms with Gasteiger partial charge in [-0.15, -0.1) is 0 Å². The summed E-state index contributed by atoms with van der Waals surface area (Å²) in [6.45, 7) is 0. The van der Waals surface area contributed by atoms with Crippen LogP contribution in [0.5, 0.6) is 0 Å². The molecule has 98 valence electrons. The van der Waals surface area contributed by atoms with Gasteiger partial charge in [0.25, 0.3) is 0 Å². The maximum absolute atomic E-state index is 4.00. The summed E-state index contributed by atoms with van der Waals surface area (Å²) in [5, 5.41) is 0. The summed E-state index contributed by atoms with van der Waals surface area (Å²) in [6.07, 6.45) is 4.95.